The number of anilines is 1. The van der Waals surface area contributed by atoms with E-state index in [1.165, 1.54) is 18.2 Å². The number of hydrogen-bond acceptors (Lipinski definition) is 9. The van der Waals surface area contributed by atoms with Crippen LogP contribution in [0.15, 0.2) is 102 Å². The summed E-state index contributed by atoms with van der Waals surface area (Å²) in [6.45, 7) is 8.01. The summed E-state index contributed by atoms with van der Waals surface area (Å²) in [6.07, 6.45) is 1.11. The average molecular weight is 889 g/mol. The molecule has 2 aliphatic rings. The first-order valence-electron chi connectivity index (χ1n) is 22.0. The van der Waals surface area contributed by atoms with E-state index in [-0.39, 0.29) is 71.8 Å². The zero-order valence-corrected chi connectivity index (χ0v) is 36.1. The van der Waals surface area contributed by atoms with E-state index in [2.05, 4.69) is 35.4 Å². The molecule has 65 heavy (non-hydrogen) atoms. The second-order valence-electron chi connectivity index (χ2n) is 16.4. The van der Waals surface area contributed by atoms with Crippen molar-refractivity contribution >= 4 is 45.2 Å². The van der Waals surface area contributed by atoms with E-state index in [4.69, 9.17) is 4.74 Å². The maximum Gasteiger partial charge on any atom is 0.417 e. The highest BCUT2D eigenvalue weighted by Gasteiger charge is 2.33. The number of rotatable bonds is 14. The van der Waals surface area contributed by atoms with Gasteiger partial charge >= 0.3 is 6.18 Å². The number of H-pyrrole nitrogens is 1. The highest BCUT2D eigenvalue weighted by Crippen LogP contribution is 2.36. The molecule has 3 aromatic carbocycles. The number of nitrogens with zero attached hydrogens (tertiary/aromatic N) is 5. The summed E-state index contributed by atoms with van der Waals surface area (Å²) in [5.41, 5.74) is 5.57. The van der Waals surface area contributed by atoms with Crippen LogP contribution in [0.2, 0.25) is 0 Å². The highest BCUT2D eigenvalue weighted by atomic mass is 19.4. The molecule has 2 saturated heterocycles. The largest absolute Gasteiger partial charge is 0.417 e. The average Bonchev–Trinajstić information content (AvgIpc) is 3.32. The molecule has 3 aromatic heterocycles. The van der Waals surface area contributed by atoms with E-state index in [1.54, 1.807) is 41.4 Å². The van der Waals surface area contributed by atoms with Crippen molar-refractivity contribution in [3.8, 4) is 0 Å². The number of piperazine rings is 1. The van der Waals surface area contributed by atoms with Crippen LogP contribution in [0.5, 0.6) is 0 Å². The quantitative estimate of drug-likeness (QED) is 0.103. The molecular weight excluding hydrogens is 838 g/mol. The fraction of sp³-hybridized carbons (Fsp3) is 0.347. The zero-order chi connectivity index (χ0) is 45.5. The van der Waals surface area contributed by atoms with E-state index < -0.39 is 11.7 Å². The van der Waals surface area contributed by atoms with Gasteiger partial charge in [0.05, 0.1) is 41.7 Å². The van der Waals surface area contributed by atoms with E-state index in [0.717, 1.165) is 72.2 Å². The van der Waals surface area contributed by atoms with Crippen LogP contribution in [0.4, 0.5) is 18.9 Å². The van der Waals surface area contributed by atoms with Crippen molar-refractivity contribution < 1.29 is 32.3 Å². The van der Waals surface area contributed by atoms with Crippen LogP contribution in [-0.2, 0) is 23.9 Å². The van der Waals surface area contributed by atoms with E-state index in [9.17, 15) is 32.3 Å². The fourth-order valence-electron chi connectivity index (χ4n) is 8.65. The SMILES string of the molecule is CCc1cc2ncc(CN3CCN(c4ccc(C(=O)NCCOCCNC(=O)c5ccc(C6CCN(C(=O)c7cccc8c(C(F)(F)F)cccc78)CC6)cc5)nc4)CC3)cc2[nH]c1=O. The van der Waals surface area contributed by atoms with Crippen molar-refractivity contribution in [3.63, 3.8) is 0 Å². The number of nitrogens with one attached hydrogen (secondary N) is 3. The number of halogens is 3. The predicted octanol–water partition coefficient (Wildman–Crippen LogP) is 6.57. The first-order valence-corrected chi connectivity index (χ1v) is 22.0. The summed E-state index contributed by atoms with van der Waals surface area (Å²) in [5, 5.41) is 5.97. The first-order chi connectivity index (χ1) is 31.4. The number of fused-ring (bicyclic) bond motifs is 2. The molecule has 3 N–H and O–H groups in total. The van der Waals surface area contributed by atoms with E-state index in [0.29, 0.717) is 43.6 Å². The molecule has 0 atom stereocenters. The number of alkyl halides is 3. The zero-order valence-electron chi connectivity index (χ0n) is 36.1. The van der Waals surface area contributed by atoms with E-state index in [1.807, 2.05) is 43.5 Å². The van der Waals surface area contributed by atoms with Crippen molar-refractivity contribution in [2.45, 2.75) is 44.8 Å². The van der Waals surface area contributed by atoms with Crippen LogP contribution in [0.25, 0.3) is 21.8 Å². The Kier molecular flexibility index (Phi) is 13.8. The molecule has 16 heteroatoms. The van der Waals surface area contributed by atoms with Gasteiger partial charge in [-0.2, -0.15) is 13.2 Å². The van der Waals surface area contributed by atoms with Gasteiger partial charge in [-0.15, -0.1) is 0 Å². The Hall–Kier alpha value is -6.65. The minimum Gasteiger partial charge on any atom is -0.378 e. The lowest BCUT2D eigenvalue weighted by Crippen LogP contribution is -2.46. The molecule has 3 amide bonds. The Morgan fingerprint density at radius 2 is 1.51 bits per heavy atom. The molecule has 0 radical (unpaired) electrons. The van der Waals surface area contributed by atoms with Crippen LogP contribution >= 0.6 is 0 Å². The van der Waals surface area contributed by atoms with Crippen molar-refractivity contribution in [1.29, 1.82) is 0 Å². The van der Waals surface area contributed by atoms with Gasteiger partial charge in [0, 0.05) is 81.8 Å². The van der Waals surface area contributed by atoms with Gasteiger partial charge < -0.3 is 30.2 Å². The van der Waals surface area contributed by atoms with Crippen LogP contribution in [0.3, 0.4) is 0 Å². The number of amides is 3. The lowest BCUT2D eigenvalue weighted by atomic mass is 9.88. The Balaban J connectivity index is 0.701. The number of hydrogen-bond donors (Lipinski definition) is 3. The summed E-state index contributed by atoms with van der Waals surface area (Å²) < 4.78 is 46.5. The van der Waals surface area contributed by atoms with E-state index >= 15 is 0 Å². The molecule has 13 nitrogen and oxygen atoms in total. The lowest BCUT2D eigenvalue weighted by Gasteiger charge is -2.36. The van der Waals surface area contributed by atoms with Crippen LogP contribution < -0.4 is 21.1 Å². The number of likely N-dealkylation sites (tertiary alicyclic amines) is 1. The minimum atomic E-state index is -4.52. The molecule has 0 bridgehead atoms. The van der Waals surface area contributed by atoms with Gasteiger partial charge in [0.1, 0.15) is 5.69 Å². The smallest absolute Gasteiger partial charge is 0.378 e. The maximum absolute atomic E-state index is 13.6. The number of pyridine rings is 3. The molecule has 2 fully saturated rings. The molecule has 5 heterocycles. The predicted molar refractivity (Wildman–Crippen MR) is 242 cm³/mol. The summed E-state index contributed by atoms with van der Waals surface area (Å²) >= 11 is 0. The molecule has 338 valence electrons. The number of ether oxygens (including phenoxy) is 1. The Morgan fingerprint density at radius 1 is 0.800 bits per heavy atom. The Bertz CT molecular complexity index is 2710. The third-order valence-electron chi connectivity index (χ3n) is 12.3. The number of aromatic nitrogens is 3. The van der Waals surface area contributed by atoms with Gasteiger partial charge in [0.25, 0.3) is 23.3 Å². The molecule has 8 rings (SSSR count). The Labute approximate surface area is 374 Å². The van der Waals surface area contributed by atoms with Crippen LogP contribution in [0, 0.1) is 0 Å². The van der Waals surface area contributed by atoms with Crippen LogP contribution in [-0.4, -0.2) is 108 Å². The van der Waals surface area contributed by atoms with Gasteiger partial charge in [0.2, 0.25) is 0 Å². The van der Waals surface area contributed by atoms with Gasteiger partial charge in [-0.05, 0) is 95.6 Å². The molecule has 0 spiro atoms. The molecule has 2 aliphatic heterocycles. The number of carbonyl (C=O) groups excluding carboxylic acids is 3. The second kappa shape index (κ2) is 20.0. The van der Waals surface area contributed by atoms with Crippen molar-refractivity contribution in [2.24, 2.45) is 0 Å². The standard InChI is InChI=1S/C49H51F3N8O5/c1-2-33-28-43-44(57-46(33)62)27-32(29-55-43)31-58-21-23-59(24-22-58)37-13-14-42(56-30-37)47(63)54-18-26-65-25-17-53-45(61)36-11-9-34(10-12-36)35-15-19-60(20-16-35)48(64)40-7-3-6-39-38(40)5-4-8-41(39)49(50,51)52/h3-14,27-30,35H,2,15-26,31H2,1H3,(H,53,61)(H,54,63)(H,57,62). The third-order valence-corrected chi connectivity index (χ3v) is 12.3. The topological polar surface area (TPSA) is 153 Å². The van der Waals surface area contributed by atoms with Gasteiger partial charge in [-0.3, -0.25) is 29.1 Å². The normalized spacial score (nSPS) is 15.1. The molecular formula is C49H51F3N8O5. The highest BCUT2D eigenvalue weighted by molar-refractivity contribution is 6.08. The molecule has 6 aromatic rings. The number of carbonyl (C=O) groups is 3. The number of benzene rings is 3. The molecule has 0 saturated carbocycles. The van der Waals surface area contributed by atoms with Gasteiger partial charge in [-0.25, -0.2) is 4.98 Å². The monoisotopic (exact) mass is 888 g/mol. The Morgan fingerprint density at radius 3 is 2.20 bits per heavy atom. The minimum absolute atomic E-state index is 0.0120. The van der Waals surface area contributed by atoms with Crippen LogP contribution in [0.1, 0.15) is 79.1 Å². The summed E-state index contributed by atoms with van der Waals surface area (Å²) in [5.74, 6) is -0.647. The van der Waals surface area contributed by atoms with Crippen molar-refractivity contribution in [1.82, 2.24) is 35.4 Å². The number of piperidine rings is 1. The summed E-state index contributed by atoms with van der Waals surface area (Å²) in [6, 6.07) is 23.3. The van der Waals surface area contributed by atoms with Crippen molar-refractivity contribution in [2.75, 3.05) is 70.5 Å². The third kappa shape index (κ3) is 10.7. The van der Waals surface area contributed by atoms with Gasteiger partial charge in [0.15, 0.2) is 0 Å². The lowest BCUT2D eigenvalue weighted by molar-refractivity contribution is -0.136. The first kappa shape index (κ1) is 44.9. The number of aryl methyl sites for hydroxylation is 1. The molecule has 0 aliphatic carbocycles. The summed E-state index contributed by atoms with van der Waals surface area (Å²) in [7, 11) is 0. The van der Waals surface area contributed by atoms with Crippen molar-refractivity contribution in [3.05, 3.63) is 147 Å². The summed E-state index contributed by atoms with van der Waals surface area (Å²) in [4.78, 5) is 69.5. The van der Waals surface area contributed by atoms with Gasteiger partial charge in [-0.1, -0.05) is 43.3 Å². The maximum atomic E-state index is 13.6. The molecule has 0 unspecified atom stereocenters. The number of aromatic amines is 1. The fourth-order valence-corrected chi connectivity index (χ4v) is 8.65. The second-order valence-corrected chi connectivity index (χ2v) is 16.4.